The van der Waals surface area contributed by atoms with Crippen LogP contribution < -0.4 is 4.74 Å². The summed E-state index contributed by atoms with van der Waals surface area (Å²) in [5.41, 5.74) is 0.520. The summed E-state index contributed by atoms with van der Waals surface area (Å²) in [6.45, 7) is 9.61. The minimum Gasteiger partial charge on any atom is -0.487 e. The number of para-hydroxylation sites is 1. The van der Waals surface area contributed by atoms with Crippen LogP contribution in [-0.4, -0.2) is 5.60 Å². The fraction of sp³-hybridized carbons (Fsp3) is 0.727. The first-order valence-electron chi connectivity index (χ1n) is 9.55. The van der Waals surface area contributed by atoms with Crippen molar-refractivity contribution < 1.29 is 4.74 Å². The van der Waals surface area contributed by atoms with Crippen molar-refractivity contribution in [1.29, 1.82) is 0 Å². The minimum absolute atomic E-state index is 0.153. The first-order chi connectivity index (χ1) is 10.8. The Bertz CT molecular complexity index is 534. The molecule has 4 saturated carbocycles. The van der Waals surface area contributed by atoms with Gasteiger partial charge in [0.2, 0.25) is 0 Å². The van der Waals surface area contributed by atoms with Crippen LogP contribution >= 0.6 is 0 Å². The Morgan fingerprint density at radius 2 is 1.30 bits per heavy atom. The molecular formula is C22H32O. The second kappa shape index (κ2) is 5.01. The van der Waals surface area contributed by atoms with Crippen LogP contribution in [0.3, 0.4) is 0 Å². The predicted octanol–water partition coefficient (Wildman–Crippen LogP) is 6.09. The Morgan fingerprint density at radius 1 is 0.826 bits per heavy atom. The van der Waals surface area contributed by atoms with Crippen LogP contribution in [-0.2, 0) is 0 Å². The molecule has 0 unspecified atom stereocenters. The maximum absolute atomic E-state index is 6.56. The average molecular weight is 312 g/mol. The van der Waals surface area contributed by atoms with E-state index in [4.69, 9.17) is 4.74 Å². The summed E-state index contributed by atoms with van der Waals surface area (Å²) in [7, 11) is 0. The lowest BCUT2D eigenvalue weighted by Gasteiger charge is -2.65. The highest BCUT2D eigenvalue weighted by atomic mass is 16.5. The average Bonchev–Trinajstić information content (AvgIpc) is 2.46. The summed E-state index contributed by atoms with van der Waals surface area (Å²) >= 11 is 0. The van der Waals surface area contributed by atoms with Crippen LogP contribution in [0.25, 0.3) is 0 Å². The van der Waals surface area contributed by atoms with E-state index < -0.39 is 0 Å². The van der Waals surface area contributed by atoms with Gasteiger partial charge in [-0.2, -0.15) is 0 Å². The summed E-state index contributed by atoms with van der Waals surface area (Å²) in [6.07, 6.45) is 8.84. The first-order valence-corrected chi connectivity index (χ1v) is 9.55. The van der Waals surface area contributed by atoms with Crippen molar-refractivity contribution >= 4 is 0 Å². The van der Waals surface area contributed by atoms with Gasteiger partial charge < -0.3 is 4.74 Å². The molecule has 126 valence electrons. The van der Waals surface area contributed by atoms with Gasteiger partial charge in [-0.25, -0.2) is 0 Å². The van der Waals surface area contributed by atoms with Gasteiger partial charge in [0.15, 0.2) is 0 Å². The second-order valence-corrected chi connectivity index (χ2v) is 9.75. The Balaban J connectivity index is 1.63. The molecule has 0 amide bonds. The molecule has 0 atom stereocenters. The van der Waals surface area contributed by atoms with Crippen LogP contribution in [0, 0.1) is 28.6 Å². The molecule has 1 nitrogen and oxygen atoms in total. The van der Waals surface area contributed by atoms with E-state index in [1.54, 1.807) is 0 Å². The number of hydrogen-bond donors (Lipinski definition) is 0. The van der Waals surface area contributed by atoms with Crippen LogP contribution in [0.5, 0.6) is 5.75 Å². The van der Waals surface area contributed by atoms with Crippen molar-refractivity contribution in [2.75, 3.05) is 0 Å². The molecule has 0 aromatic heterocycles. The molecule has 5 rings (SSSR count). The van der Waals surface area contributed by atoms with Gasteiger partial charge >= 0.3 is 0 Å². The van der Waals surface area contributed by atoms with E-state index >= 15 is 0 Å². The SMILES string of the molecule is CC(C)(Oc1ccccc1)C(C)(C)C12CC3CC(CC(C3)C1)C2. The van der Waals surface area contributed by atoms with Crippen molar-refractivity contribution in [2.45, 2.75) is 71.8 Å². The van der Waals surface area contributed by atoms with Crippen LogP contribution in [0.15, 0.2) is 30.3 Å². The van der Waals surface area contributed by atoms with Gasteiger partial charge in [0, 0.05) is 5.41 Å². The van der Waals surface area contributed by atoms with Gasteiger partial charge in [0.05, 0.1) is 0 Å². The normalized spacial score (nSPS) is 36.3. The van der Waals surface area contributed by atoms with E-state index in [2.05, 4.69) is 58.0 Å². The molecule has 0 radical (unpaired) electrons. The molecule has 0 spiro atoms. The van der Waals surface area contributed by atoms with Crippen LogP contribution in [0.4, 0.5) is 0 Å². The Kier molecular flexibility index (Phi) is 3.38. The largest absolute Gasteiger partial charge is 0.487 e. The maximum atomic E-state index is 6.56. The van der Waals surface area contributed by atoms with Gasteiger partial charge in [-0.05, 0) is 87.7 Å². The molecule has 0 N–H and O–H groups in total. The third-order valence-corrected chi connectivity index (χ3v) is 7.99. The smallest absolute Gasteiger partial charge is 0.120 e. The van der Waals surface area contributed by atoms with E-state index in [0.29, 0.717) is 5.41 Å². The zero-order valence-corrected chi connectivity index (χ0v) is 15.3. The number of rotatable bonds is 4. The van der Waals surface area contributed by atoms with E-state index in [-0.39, 0.29) is 11.0 Å². The topological polar surface area (TPSA) is 9.23 Å². The van der Waals surface area contributed by atoms with Crippen LogP contribution in [0.1, 0.15) is 66.2 Å². The Labute approximate surface area is 141 Å². The Hall–Kier alpha value is -0.980. The summed E-state index contributed by atoms with van der Waals surface area (Å²) in [5.74, 6) is 3.99. The van der Waals surface area contributed by atoms with Crippen molar-refractivity contribution in [3.63, 3.8) is 0 Å². The molecule has 0 aliphatic heterocycles. The highest BCUT2D eigenvalue weighted by Gasteiger charge is 2.61. The summed E-state index contributed by atoms with van der Waals surface area (Å²) in [4.78, 5) is 0. The van der Waals surface area contributed by atoms with Gasteiger partial charge in [0.1, 0.15) is 11.4 Å². The monoisotopic (exact) mass is 312 g/mol. The molecule has 23 heavy (non-hydrogen) atoms. The van der Waals surface area contributed by atoms with E-state index in [1.807, 2.05) is 0 Å². The van der Waals surface area contributed by atoms with Crippen molar-refractivity contribution in [2.24, 2.45) is 28.6 Å². The maximum Gasteiger partial charge on any atom is 0.120 e. The quantitative estimate of drug-likeness (QED) is 0.654. The summed E-state index contributed by atoms with van der Waals surface area (Å²) < 4.78 is 6.56. The predicted molar refractivity (Wildman–Crippen MR) is 95.5 cm³/mol. The molecule has 0 saturated heterocycles. The second-order valence-electron chi connectivity index (χ2n) is 9.75. The number of ether oxygens (including phenoxy) is 1. The number of hydrogen-bond acceptors (Lipinski definition) is 1. The van der Waals surface area contributed by atoms with Crippen molar-refractivity contribution in [3.05, 3.63) is 30.3 Å². The third kappa shape index (κ3) is 2.34. The van der Waals surface area contributed by atoms with Gasteiger partial charge in [0.25, 0.3) is 0 Å². The molecule has 4 fully saturated rings. The van der Waals surface area contributed by atoms with E-state index in [9.17, 15) is 0 Å². The lowest BCUT2D eigenvalue weighted by molar-refractivity contribution is -0.178. The highest BCUT2D eigenvalue weighted by molar-refractivity contribution is 5.23. The Morgan fingerprint density at radius 3 is 1.78 bits per heavy atom. The molecule has 1 aromatic carbocycles. The zero-order chi connectivity index (χ0) is 16.3. The molecule has 0 heterocycles. The van der Waals surface area contributed by atoms with Gasteiger partial charge in [-0.1, -0.05) is 32.0 Å². The van der Waals surface area contributed by atoms with E-state index in [0.717, 1.165) is 23.5 Å². The number of benzene rings is 1. The molecule has 4 bridgehead atoms. The lowest BCUT2D eigenvalue weighted by atomic mass is 9.41. The van der Waals surface area contributed by atoms with Crippen LogP contribution in [0.2, 0.25) is 0 Å². The van der Waals surface area contributed by atoms with Gasteiger partial charge in [-0.3, -0.25) is 0 Å². The van der Waals surface area contributed by atoms with Crippen molar-refractivity contribution in [1.82, 2.24) is 0 Å². The molecule has 1 aromatic rings. The minimum atomic E-state index is -0.153. The standard InChI is InChI=1S/C22H32O/c1-20(2,21(3,4)23-19-8-6-5-7-9-19)22-13-16-10-17(14-22)12-18(11-16)15-22/h5-9,16-18H,10-15H2,1-4H3. The first kappa shape index (κ1) is 15.5. The van der Waals surface area contributed by atoms with E-state index in [1.165, 1.54) is 38.5 Å². The summed E-state index contributed by atoms with van der Waals surface area (Å²) in [6, 6.07) is 10.4. The fourth-order valence-corrected chi connectivity index (χ4v) is 6.43. The highest BCUT2D eigenvalue weighted by Crippen LogP contribution is 2.68. The third-order valence-electron chi connectivity index (χ3n) is 7.99. The van der Waals surface area contributed by atoms with Crippen molar-refractivity contribution in [3.8, 4) is 5.75 Å². The lowest BCUT2D eigenvalue weighted by Crippen LogP contribution is -2.60. The molecule has 4 aliphatic rings. The molecular weight excluding hydrogens is 280 g/mol. The molecule has 1 heteroatoms. The van der Waals surface area contributed by atoms with Gasteiger partial charge in [-0.15, -0.1) is 0 Å². The fourth-order valence-electron chi connectivity index (χ4n) is 6.43. The molecule has 4 aliphatic carbocycles. The summed E-state index contributed by atoms with van der Waals surface area (Å²) in [5, 5.41) is 0. The zero-order valence-electron chi connectivity index (χ0n) is 15.3.